The number of hydrogen-bond donors (Lipinski definition) is 2. The molecule has 29 heavy (non-hydrogen) atoms. The van der Waals surface area contributed by atoms with Gasteiger partial charge in [0, 0.05) is 5.41 Å². The van der Waals surface area contributed by atoms with Crippen molar-refractivity contribution >= 4 is 0 Å². The van der Waals surface area contributed by atoms with E-state index in [9.17, 15) is 10.2 Å². The first-order chi connectivity index (χ1) is 14.0. The molecule has 0 bridgehead atoms. The Balaban J connectivity index is 3.45. The maximum absolute atomic E-state index is 9.90. The van der Waals surface area contributed by atoms with Gasteiger partial charge in [0.1, 0.15) is 11.5 Å². The van der Waals surface area contributed by atoms with E-state index in [0.29, 0.717) is 0 Å². The number of aliphatic hydroxyl groups is 2. The monoisotopic (exact) mass is 396 g/mol. The summed E-state index contributed by atoms with van der Waals surface area (Å²) in [5.74, 6) is 0.204. The lowest BCUT2D eigenvalue weighted by Gasteiger charge is -2.38. The van der Waals surface area contributed by atoms with E-state index in [4.69, 9.17) is 0 Å². The van der Waals surface area contributed by atoms with Crippen molar-refractivity contribution in [3.63, 3.8) is 0 Å². The van der Waals surface area contributed by atoms with Gasteiger partial charge in [-0.25, -0.2) is 0 Å². The first-order valence-corrected chi connectivity index (χ1v) is 11.1. The lowest BCUT2D eigenvalue weighted by atomic mass is 9.66. The van der Waals surface area contributed by atoms with Crippen molar-refractivity contribution < 1.29 is 10.2 Å². The molecule has 0 radical (unpaired) electrons. The van der Waals surface area contributed by atoms with Crippen LogP contribution in [-0.4, -0.2) is 10.2 Å². The Bertz CT molecular complexity index is 646. The van der Waals surface area contributed by atoms with Crippen LogP contribution in [0.4, 0.5) is 0 Å². The molecule has 0 unspecified atom stereocenters. The van der Waals surface area contributed by atoms with Gasteiger partial charge in [-0.3, -0.25) is 0 Å². The summed E-state index contributed by atoms with van der Waals surface area (Å²) < 4.78 is 0. The zero-order chi connectivity index (χ0) is 21.5. The summed E-state index contributed by atoms with van der Waals surface area (Å²) in [5, 5.41) is 19.5. The Hall–Kier alpha value is -2.22. The number of aliphatic hydroxyl groups excluding tert-OH is 2. The SMILES string of the molecule is C=C/C(O)=C\C=C(/C=C)C1(C(/C=C\C(=C)O)=C/C)CCCCCCCCCCC1. The van der Waals surface area contributed by atoms with Crippen molar-refractivity contribution in [1.29, 1.82) is 0 Å². The largest absolute Gasteiger partial charge is 0.509 e. The molecule has 0 amide bonds. The highest BCUT2D eigenvalue weighted by Gasteiger charge is 2.34. The molecular weight excluding hydrogens is 356 g/mol. The molecule has 0 heterocycles. The summed E-state index contributed by atoms with van der Waals surface area (Å²) in [6.07, 6.45) is 26.2. The van der Waals surface area contributed by atoms with E-state index in [1.165, 1.54) is 56.6 Å². The van der Waals surface area contributed by atoms with Gasteiger partial charge in [0.15, 0.2) is 0 Å². The highest BCUT2D eigenvalue weighted by molar-refractivity contribution is 5.44. The predicted octanol–water partition coefficient (Wildman–Crippen LogP) is 8.59. The minimum absolute atomic E-state index is 0.0565. The molecule has 1 aliphatic carbocycles. The Labute approximate surface area is 178 Å². The number of hydrogen-bond acceptors (Lipinski definition) is 2. The highest BCUT2D eigenvalue weighted by atomic mass is 16.3. The predicted molar refractivity (Wildman–Crippen MR) is 127 cm³/mol. The normalized spacial score (nSPS) is 20.5. The zero-order valence-corrected chi connectivity index (χ0v) is 18.3. The molecule has 1 fully saturated rings. The maximum Gasteiger partial charge on any atom is 0.114 e. The van der Waals surface area contributed by atoms with E-state index in [-0.39, 0.29) is 16.9 Å². The second kappa shape index (κ2) is 13.9. The molecule has 2 N–H and O–H groups in total. The fourth-order valence-corrected chi connectivity index (χ4v) is 4.34. The van der Waals surface area contributed by atoms with Crippen molar-refractivity contribution in [2.45, 2.75) is 77.6 Å². The van der Waals surface area contributed by atoms with Gasteiger partial charge in [-0.15, -0.1) is 0 Å². The molecule has 0 spiro atoms. The third kappa shape index (κ3) is 8.35. The van der Waals surface area contributed by atoms with Crippen LogP contribution in [0.2, 0.25) is 0 Å². The average molecular weight is 397 g/mol. The Morgan fingerprint density at radius 3 is 1.66 bits per heavy atom. The fraction of sp³-hybridized carbons (Fsp3) is 0.481. The molecule has 2 nitrogen and oxygen atoms in total. The quantitative estimate of drug-likeness (QED) is 0.334. The molecule has 0 atom stereocenters. The van der Waals surface area contributed by atoms with Gasteiger partial charge in [-0.2, -0.15) is 0 Å². The molecule has 0 aromatic carbocycles. The number of allylic oxidation sites excluding steroid dienone is 9. The third-order valence-electron chi connectivity index (χ3n) is 5.94. The van der Waals surface area contributed by atoms with Gasteiger partial charge in [-0.05, 0) is 49.1 Å². The maximum atomic E-state index is 9.90. The average Bonchev–Trinajstić information content (AvgIpc) is 2.70. The Morgan fingerprint density at radius 1 is 0.724 bits per heavy atom. The van der Waals surface area contributed by atoms with Crippen LogP contribution >= 0.6 is 0 Å². The first-order valence-electron chi connectivity index (χ1n) is 11.1. The number of rotatable bonds is 7. The molecule has 160 valence electrons. The Morgan fingerprint density at radius 2 is 1.24 bits per heavy atom. The molecule has 1 rings (SSSR count). The van der Waals surface area contributed by atoms with Crippen LogP contribution in [0.15, 0.2) is 84.9 Å². The van der Waals surface area contributed by atoms with Gasteiger partial charge >= 0.3 is 0 Å². The summed E-state index contributed by atoms with van der Waals surface area (Å²) >= 11 is 0. The van der Waals surface area contributed by atoms with Crippen LogP contribution in [-0.2, 0) is 0 Å². The first kappa shape index (κ1) is 24.8. The summed E-state index contributed by atoms with van der Waals surface area (Å²) in [7, 11) is 0. The molecule has 0 aliphatic heterocycles. The topological polar surface area (TPSA) is 40.5 Å². The summed E-state index contributed by atoms with van der Waals surface area (Å²) in [6, 6.07) is 0. The van der Waals surface area contributed by atoms with E-state index >= 15 is 0 Å². The smallest absolute Gasteiger partial charge is 0.114 e. The van der Waals surface area contributed by atoms with Gasteiger partial charge in [0.2, 0.25) is 0 Å². The molecule has 2 heteroatoms. The molecule has 1 aliphatic rings. The van der Waals surface area contributed by atoms with E-state index in [1.54, 1.807) is 12.2 Å². The summed E-state index contributed by atoms with van der Waals surface area (Å²) in [6.45, 7) is 13.4. The van der Waals surface area contributed by atoms with Crippen molar-refractivity contribution in [3.05, 3.63) is 84.9 Å². The standard InChI is InChI=1S/C27H40O2/c1-5-24(18-17-23(4)28)27(25(6-2)19-20-26(29)7-3)21-15-13-11-9-8-10-12-14-16-22-27/h5-7,17-20,28-29H,2-4,8-16,21-22H2,1H3/b18-17-,24-5+,25-19+,26-20+. The summed E-state index contributed by atoms with van der Waals surface area (Å²) in [4.78, 5) is 0. The molecule has 0 aromatic rings. The Kier molecular flexibility index (Phi) is 11.9. The van der Waals surface area contributed by atoms with Crippen LogP contribution in [0.5, 0.6) is 0 Å². The second-order valence-corrected chi connectivity index (χ2v) is 7.95. The van der Waals surface area contributed by atoms with E-state index in [2.05, 4.69) is 32.7 Å². The van der Waals surface area contributed by atoms with Crippen LogP contribution in [0.1, 0.15) is 77.6 Å². The van der Waals surface area contributed by atoms with Crippen LogP contribution in [0, 0.1) is 5.41 Å². The van der Waals surface area contributed by atoms with Crippen LogP contribution in [0.3, 0.4) is 0 Å². The van der Waals surface area contributed by atoms with E-state index in [0.717, 1.165) is 31.3 Å². The van der Waals surface area contributed by atoms with Crippen molar-refractivity contribution in [2.24, 2.45) is 5.41 Å². The second-order valence-electron chi connectivity index (χ2n) is 7.95. The van der Waals surface area contributed by atoms with E-state index in [1.807, 2.05) is 18.2 Å². The molecule has 0 saturated heterocycles. The highest BCUT2D eigenvalue weighted by Crippen LogP contribution is 2.47. The van der Waals surface area contributed by atoms with Crippen LogP contribution < -0.4 is 0 Å². The molecule has 0 aromatic heterocycles. The zero-order valence-electron chi connectivity index (χ0n) is 18.3. The van der Waals surface area contributed by atoms with E-state index < -0.39 is 0 Å². The molecular formula is C27H40O2. The minimum Gasteiger partial charge on any atom is -0.509 e. The van der Waals surface area contributed by atoms with Gasteiger partial charge < -0.3 is 10.2 Å². The van der Waals surface area contributed by atoms with Crippen LogP contribution in [0.25, 0.3) is 0 Å². The minimum atomic E-state index is -0.195. The van der Waals surface area contributed by atoms with Crippen molar-refractivity contribution in [2.75, 3.05) is 0 Å². The van der Waals surface area contributed by atoms with Gasteiger partial charge in [0.05, 0.1) is 0 Å². The lowest BCUT2D eigenvalue weighted by molar-refractivity contribution is 0.337. The lowest BCUT2D eigenvalue weighted by Crippen LogP contribution is -2.25. The molecule has 1 saturated carbocycles. The third-order valence-corrected chi connectivity index (χ3v) is 5.94. The van der Waals surface area contributed by atoms with Gasteiger partial charge in [-0.1, -0.05) is 102 Å². The summed E-state index contributed by atoms with van der Waals surface area (Å²) in [5.41, 5.74) is 2.08. The van der Waals surface area contributed by atoms with Gasteiger partial charge in [0.25, 0.3) is 0 Å². The fourth-order valence-electron chi connectivity index (χ4n) is 4.34. The van der Waals surface area contributed by atoms with Crippen molar-refractivity contribution in [3.8, 4) is 0 Å². The van der Waals surface area contributed by atoms with Crippen molar-refractivity contribution in [1.82, 2.24) is 0 Å².